The van der Waals surface area contributed by atoms with Crippen LogP contribution in [0.1, 0.15) is 30.1 Å². The van der Waals surface area contributed by atoms with E-state index >= 15 is 0 Å². The fourth-order valence-electron chi connectivity index (χ4n) is 1.17. The molecule has 0 amide bonds. The molecule has 0 fully saturated rings. The van der Waals surface area contributed by atoms with Crippen LogP contribution in [0.4, 0.5) is 5.69 Å². The van der Waals surface area contributed by atoms with E-state index < -0.39 is 10.9 Å². The van der Waals surface area contributed by atoms with Crippen LogP contribution in [0.25, 0.3) is 0 Å². The minimum atomic E-state index is -0.549. The van der Waals surface area contributed by atoms with Crippen molar-refractivity contribution in [3.63, 3.8) is 0 Å². The lowest BCUT2D eigenvalue weighted by Gasteiger charge is -2.04. The Morgan fingerprint density at radius 3 is 2.82 bits per heavy atom. The van der Waals surface area contributed by atoms with Gasteiger partial charge in [-0.2, -0.15) is 0 Å². The molecule has 1 aromatic rings. The molecular weight excluding hydrogens is 290 g/mol. The Morgan fingerprint density at radius 1 is 1.53 bits per heavy atom. The van der Waals surface area contributed by atoms with Gasteiger partial charge < -0.3 is 4.74 Å². The van der Waals surface area contributed by atoms with Crippen molar-refractivity contribution >= 4 is 27.6 Å². The van der Waals surface area contributed by atoms with E-state index in [1.807, 2.05) is 6.92 Å². The maximum absolute atomic E-state index is 11.5. The molecule has 0 saturated carbocycles. The van der Waals surface area contributed by atoms with E-state index in [1.165, 1.54) is 18.2 Å². The van der Waals surface area contributed by atoms with Gasteiger partial charge in [-0.3, -0.25) is 10.1 Å². The van der Waals surface area contributed by atoms with Crippen LogP contribution in [0, 0.1) is 10.1 Å². The molecule has 0 aliphatic heterocycles. The van der Waals surface area contributed by atoms with Crippen molar-refractivity contribution in [2.75, 3.05) is 6.61 Å². The Bertz CT molecular complexity index is 433. The lowest BCUT2D eigenvalue weighted by atomic mass is 10.2. The summed E-state index contributed by atoms with van der Waals surface area (Å²) in [4.78, 5) is 21.7. The molecule has 0 heterocycles. The average molecular weight is 302 g/mol. The van der Waals surface area contributed by atoms with Gasteiger partial charge in [0.1, 0.15) is 0 Å². The smallest absolute Gasteiger partial charge is 0.338 e. The topological polar surface area (TPSA) is 69.4 Å². The Hall–Kier alpha value is -1.43. The van der Waals surface area contributed by atoms with Crippen LogP contribution < -0.4 is 0 Å². The third-order valence-corrected chi connectivity index (χ3v) is 2.78. The second-order valence-corrected chi connectivity index (χ2v) is 4.27. The first kappa shape index (κ1) is 13.6. The number of esters is 1. The summed E-state index contributed by atoms with van der Waals surface area (Å²) < 4.78 is 5.31. The van der Waals surface area contributed by atoms with E-state index in [2.05, 4.69) is 15.9 Å². The van der Waals surface area contributed by atoms with E-state index in [-0.39, 0.29) is 11.3 Å². The molecule has 6 heteroatoms. The van der Waals surface area contributed by atoms with Crippen LogP contribution in [0.2, 0.25) is 0 Å². The second-order valence-electron chi connectivity index (χ2n) is 3.41. The van der Waals surface area contributed by atoms with Gasteiger partial charge in [0.15, 0.2) is 0 Å². The largest absolute Gasteiger partial charge is 0.462 e. The number of hydrogen-bond donors (Lipinski definition) is 0. The fraction of sp³-hybridized carbons (Fsp3) is 0.364. The van der Waals surface area contributed by atoms with Gasteiger partial charge >= 0.3 is 5.97 Å². The number of unbranched alkanes of at least 4 members (excludes halogenated alkanes) is 1. The molecule has 0 aromatic heterocycles. The highest BCUT2D eigenvalue weighted by Gasteiger charge is 2.16. The molecule has 0 saturated heterocycles. The van der Waals surface area contributed by atoms with Gasteiger partial charge in [0, 0.05) is 6.07 Å². The zero-order chi connectivity index (χ0) is 12.8. The third-order valence-electron chi connectivity index (χ3n) is 2.11. The number of halogens is 1. The highest BCUT2D eigenvalue weighted by atomic mass is 79.9. The first-order valence-corrected chi connectivity index (χ1v) is 5.96. The van der Waals surface area contributed by atoms with Gasteiger partial charge in [0.05, 0.1) is 21.6 Å². The van der Waals surface area contributed by atoms with Gasteiger partial charge in [-0.05, 0) is 34.5 Å². The molecule has 92 valence electrons. The van der Waals surface area contributed by atoms with E-state index in [1.54, 1.807) is 0 Å². The summed E-state index contributed by atoms with van der Waals surface area (Å²) in [6.45, 7) is 2.32. The normalized spacial score (nSPS) is 10.0. The Morgan fingerprint density at radius 2 is 2.24 bits per heavy atom. The summed E-state index contributed by atoms with van der Waals surface area (Å²) in [6.07, 6.45) is 1.71. The summed E-state index contributed by atoms with van der Waals surface area (Å²) in [5, 5.41) is 10.7. The molecule has 0 radical (unpaired) electrons. The highest BCUT2D eigenvalue weighted by molar-refractivity contribution is 9.10. The van der Waals surface area contributed by atoms with Crippen molar-refractivity contribution in [1.82, 2.24) is 0 Å². The van der Waals surface area contributed by atoms with E-state index in [9.17, 15) is 14.9 Å². The maximum atomic E-state index is 11.5. The molecule has 1 rings (SSSR count). The lowest BCUT2D eigenvalue weighted by Crippen LogP contribution is -2.06. The minimum absolute atomic E-state index is 0.144. The molecule has 0 unspecified atom stereocenters. The Labute approximate surface area is 107 Å². The molecule has 0 aliphatic carbocycles. The summed E-state index contributed by atoms with van der Waals surface area (Å²) in [6, 6.07) is 4.16. The standard InChI is InChI=1S/C11H12BrNO4/c1-2-3-6-17-11(14)8-4-5-9(12)10(7-8)13(15)16/h4-5,7H,2-3,6H2,1H3. The summed E-state index contributed by atoms with van der Waals surface area (Å²) >= 11 is 3.05. The van der Waals surface area contributed by atoms with E-state index in [0.29, 0.717) is 11.1 Å². The first-order valence-electron chi connectivity index (χ1n) is 5.17. The third kappa shape index (κ3) is 3.81. The van der Waals surface area contributed by atoms with E-state index in [0.717, 1.165) is 12.8 Å². The zero-order valence-electron chi connectivity index (χ0n) is 9.31. The number of ether oxygens (including phenoxy) is 1. The average Bonchev–Trinajstić information content (AvgIpc) is 2.29. The van der Waals surface area contributed by atoms with Crippen molar-refractivity contribution in [2.24, 2.45) is 0 Å². The Balaban J connectivity index is 2.81. The first-order chi connectivity index (χ1) is 8.06. The Kier molecular flexibility index (Phi) is 5.09. The zero-order valence-corrected chi connectivity index (χ0v) is 10.9. The van der Waals surface area contributed by atoms with Crippen LogP contribution in [-0.4, -0.2) is 17.5 Å². The molecule has 0 bridgehead atoms. The van der Waals surface area contributed by atoms with E-state index in [4.69, 9.17) is 4.74 Å². The second kappa shape index (κ2) is 6.34. The van der Waals surface area contributed by atoms with Crippen LogP contribution in [0.3, 0.4) is 0 Å². The lowest BCUT2D eigenvalue weighted by molar-refractivity contribution is -0.385. The van der Waals surface area contributed by atoms with Gasteiger partial charge in [0.2, 0.25) is 0 Å². The summed E-state index contributed by atoms with van der Waals surface area (Å²) in [5.74, 6) is -0.533. The molecule has 0 N–H and O–H groups in total. The van der Waals surface area contributed by atoms with Crippen LogP contribution >= 0.6 is 15.9 Å². The molecule has 0 atom stereocenters. The maximum Gasteiger partial charge on any atom is 0.338 e. The summed E-state index contributed by atoms with van der Waals surface area (Å²) in [5.41, 5.74) is 0.0472. The van der Waals surface area contributed by atoms with Crippen molar-refractivity contribution in [1.29, 1.82) is 0 Å². The number of benzene rings is 1. The van der Waals surface area contributed by atoms with Crippen LogP contribution in [0.15, 0.2) is 22.7 Å². The minimum Gasteiger partial charge on any atom is -0.462 e. The van der Waals surface area contributed by atoms with Crippen LogP contribution in [-0.2, 0) is 4.74 Å². The predicted molar refractivity (Wildman–Crippen MR) is 66.0 cm³/mol. The predicted octanol–water partition coefficient (Wildman–Crippen LogP) is 3.31. The van der Waals surface area contributed by atoms with Gasteiger partial charge in [0.25, 0.3) is 5.69 Å². The van der Waals surface area contributed by atoms with Crippen molar-refractivity contribution in [3.8, 4) is 0 Å². The van der Waals surface area contributed by atoms with Gasteiger partial charge in [-0.25, -0.2) is 4.79 Å². The number of nitrogens with zero attached hydrogens (tertiary/aromatic N) is 1. The number of nitro groups is 1. The highest BCUT2D eigenvalue weighted by Crippen LogP contribution is 2.25. The number of rotatable bonds is 5. The molecule has 17 heavy (non-hydrogen) atoms. The number of carbonyl (C=O) groups is 1. The quantitative estimate of drug-likeness (QED) is 0.362. The molecule has 1 aromatic carbocycles. The number of nitro benzene ring substituents is 1. The van der Waals surface area contributed by atoms with Crippen molar-refractivity contribution < 1.29 is 14.5 Å². The van der Waals surface area contributed by atoms with Gasteiger partial charge in [-0.15, -0.1) is 0 Å². The number of hydrogen-bond acceptors (Lipinski definition) is 4. The van der Waals surface area contributed by atoms with Gasteiger partial charge in [-0.1, -0.05) is 13.3 Å². The van der Waals surface area contributed by atoms with Crippen molar-refractivity contribution in [3.05, 3.63) is 38.3 Å². The molecule has 0 spiro atoms. The van der Waals surface area contributed by atoms with Crippen LogP contribution in [0.5, 0.6) is 0 Å². The number of carbonyl (C=O) groups excluding carboxylic acids is 1. The molecule has 0 aliphatic rings. The van der Waals surface area contributed by atoms with Crippen molar-refractivity contribution in [2.45, 2.75) is 19.8 Å². The molecular formula is C11H12BrNO4. The SMILES string of the molecule is CCCCOC(=O)c1ccc(Br)c([N+](=O)[O-])c1. The molecule has 5 nitrogen and oxygen atoms in total. The fourth-order valence-corrected chi connectivity index (χ4v) is 1.56. The summed E-state index contributed by atoms with van der Waals surface area (Å²) in [7, 11) is 0. The monoisotopic (exact) mass is 301 g/mol.